The number of carboxylic acid groups (broad SMARTS) is 1. The minimum Gasteiger partial charge on any atom is -0.481 e. The highest BCUT2D eigenvalue weighted by Gasteiger charge is 2.06. The van der Waals surface area contributed by atoms with Gasteiger partial charge in [0.05, 0.1) is 13.0 Å². The van der Waals surface area contributed by atoms with Crippen LogP contribution in [-0.4, -0.2) is 34.0 Å². The number of hydrogen-bond donors (Lipinski definition) is 1. The molecule has 84 valence electrons. The first-order valence-corrected chi connectivity index (χ1v) is 4.99. The summed E-state index contributed by atoms with van der Waals surface area (Å²) < 4.78 is 0. The van der Waals surface area contributed by atoms with E-state index < -0.39 is 5.97 Å². The van der Waals surface area contributed by atoms with E-state index in [9.17, 15) is 4.79 Å². The maximum absolute atomic E-state index is 10.5. The lowest BCUT2D eigenvalue weighted by Gasteiger charge is -2.18. The van der Waals surface area contributed by atoms with Gasteiger partial charge in [-0.2, -0.15) is 0 Å². The van der Waals surface area contributed by atoms with E-state index in [1.54, 1.807) is 12.4 Å². The van der Waals surface area contributed by atoms with Gasteiger partial charge in [-0.15, -0.1) is 6.42 Å². The molecule has 1 heterocycles. The Morgan fingerprint density at radius 1 is 1.62 bits per heavy atom. The molecule has 4 heteroatoms. The molecule has 0 saturated heterocycles. The molecule has 4 nitrogen and oxygen atoms in total. The highest BCUT2D eigenvalue weighted by molar-refractivity contribution is 5.66. The van der Waals surface area contributed by atoms with Crippen molar-refractivity contribution in [2.45, 2.75) is 13.0 Å². The Labute approximate surface area is 94.9 Å². The van der Waals surface area contributed by atoms with Crippen molar-refractivity contribution < 1.29 is 9.90 Å². The smallest absolute Gasteiger partial charge is 0.304 e. The monoisotopic (exact) mass is 218 g/mol. The fraction of sp³-hybridized carbons (Fsp3) is 0.333. The SMILES string of the molecule is C#CCN(CCC(=O)O)Cc1cccnc1. The maximum atomic E-state index is 10.5. The van der Waals surface area contributed by atoms with Crippen LogP contribution in [0.5, 0.6) is 0 Å². The topological polar surface area (TPSA) is 53.4 Å². The van der Waals surface area contributed by atoms with Gasteiger partial charge in [0.15, 0.2) is 0 Å². The van der Waals surface area contributed by atoms with Gasteiger partial charge >= 0.3 is 5.97 Å². The number of carbonyl (C=O) groups is 1. The van der Waals surface area contributed by atoms with Gasteiger partial charge in [0, 0.05) is 25.5 Å². The van der Waals surface area contributed by atoms with E-state index in [-0.39, 0.29) is 6.42 Å². The molecule has 1 N–H and O–H groups in total. The molecule has 1 aromatic heterocycles. The first kappa shape index (κ1) is 12.2. The summed E-state index contributed by atoms with van der Waals surface area (Å²) in [7, 11) is 0. The van der Waals surface area contributed by atoms with E-state index in [4.69, 9.17) is 11.5 Å². The van der Waals surface area contributed by atoms with Crippen LogP contribution in [0.2, 0.25) is 0 Å². The summed E-state index contributed by atoms with van der Waals surface area (Å²) in [5.41, 5.74) is 1.03. The zero-order chi connectivity index (χ0) is 11.8. The van der Waals surface area contributed by atoms with Crippen molar-refractivity contribution in [1.82, 2.24) is 9.88 Å². The molecule has 16 heavy (non-hydrogen) atoms. The van der Waals surface area contributed by atoms with E-state index >= 15 is 0 Å². The number of aromatic nitrogens is 1. The van der Waals surface area contributed by atoms with Crippen molar-refractivity contribution in [3.05, 3.63) is 30.1 Å². The van der Waals surface area contributed by atoms with Crippen LogP contribution in [0.15, 0.2) is 24.5 Å². The van der Waals surface area contributed by atoms with Crippen LogP contribution in [0.3, 0.4) is 0 Å². The average molecular weight is 218 g/mol. The Hall–Kier alpha value is -1.86. The van der Waals surface area contributed by atoms with Crippen molar-refractivity contribution >= 4 is 5.97 Å². The number of nitrogens with zero attached hydrogens (tertiary/aromatic N) is 2. The summed E-state index contributed by atoms with van der Waals surface area (Å²) in [5, 5.41) is 8.61. The Morgan fingerprint density at radius 3 is 3.00 bits per heavy atom. The molecule has 0 aliphatic carbocycles. The summed E-state index contributed by atoms with van der Waals surface area (Å²) in [6.45, 7) is 1.53. The normalized spacial score (nSPS) is 10.0. The van der Waals surface area contributed by atoms with Gasteiger partial charge < -0.3 is 5.11 Å². The number of pyridine rings is 1. The molecular weight excluding hydrogens is 204 g/mol. The molecule has 1 aromatic rings. The van der Waals surface area contributed by atoms with Crippen LogP contribution < -0.4 is 0 Å². The second kappa shape index (κ2) is 6.59. The first-order valence-electron chi connectivity index (χ1n) is 4.99. The van der Waals surface area contributed by atoms with Crippen molar-refractivity contribution in [1.29, 1.82) is 0 Å². The molecule has 0 aliphatic heterocycles. The fourth-order valence-electron chi connectivity index (χ4n) is 1.35. The maximum Gasteiger partial charge on any atom is 0.304 e. The standard InChI is InChI=1S/C12H14N2O2/c1-2-7-14(8-5-12(15)16)10-11-4-3-6-13-9-11/h1,3-4,6,9H,5,7-8,10H2,(H,15,16). The Kier molecular flexibility index (Phi) is 5.03. The molecule has 0 fully saturated rings. The highest BCUT2D eigenvalue weighted by Crippen LogP contribution is 2.03. The van der Waals surface area contributed by atoms with Gasteiger partial charge in [-0.1, -0.05) is 12.0 Å². The number of rotatable bonds is 6. The quantitative estimate of drug-likeness (QED) is 0.723. The lowest BCUT2D eigenvalue weighted by atomic mass is 10.2. The van der Waals surface area contributed by atoms with Crippen LogP contribution >= 0.6 is 0 Å². The second-order valence-corrected chi connectivity index (χ2v) is 3.42. The number of aliphatic carboxylic acids is 1. The van der Waals surface area contributed by atoms with E-state index in [0.717, 1.165) is 5.56 Å². The van der Waals surface area contributed by atoms with E-state index in [1.165, 1.54) is 0 Å². The van der Waals surface area contributed by atoms with E-state index in [1.807, 2.05) is 17.0 Å². The minimum atomic E-state index is -0.812. The van der Waals surface area contributed by atoms with Crippen LogP contribution in [0.25, 0.3) is 0 Å². The number of carboxylic acids is 1. The largest absolute Gasteiger partial charge is 0.481 e. The zero-order valence-corrected chi connectivity index (χ0v) is 8.97. The predicted octanol–water partition coefficient (Wildman–Crippen LogP) is 0.991. The summed E-state index contributed by atoms with van der Waals surface area (Å²) in [6, 6.07) is 3.79. The highest BCUT2D eigenvalue weighted by atomic mass is 16.4. The molecule has 1 rings (SSSR count). The average Bonchev–Trinajstić information content (AvgIpc) is 2.27. The van der Waals surface area contributed by atoms with Gasteiger partial charge in [0.2, 0.25) is 0 Å². The molecule has 0 atom stereocenters. The van der Waals surface area contributed by atoms with E-state index in [2.05, 4.69) is 10.9 Å². The Balaban J connectivity index is 2.51. The summed E-state index contributed by atoms with van der Waals surface area (Å²) in [6.07, 6.45) is 8.79. The Morgan fingerprint density at radius 2 is 2.44 bits per heavy atom. The van der Waals surface area contributed by atoms with Crippen LogP contribution in [-0.2, 0) is 11.3 Å². The van der Waals surface area contributed by atoms with Gasteiger partial charge in [-0.25, -0.2) is 0 Å². The molecule has 0 amide bonds. The van der Waals surface area contributed by atoms with Gasteiger partial charge in [-0.3, -0.25) is 14.7 Å². The molecule has 0 bridgehead atoms. The number of hydrogen-bond acceptors (Lipinski definition) is 3. The zero-order valence-electron chi connectivity index (χ0n) is 8.97. The molecule has 0 radical (unpaired) electrons. The predicted molar refractivity (Wildman–Crippen MR) is 60.6 cm³/mol. The van der Waals surface area contributed by atoms with Crippen LogP contribution in [0.1, 0.15) is 12.0 Å². The van der Waals surface area contributed by atoms with Crippen LogP contribution in [0, 0.1) is 12.3 Å². The molecule has 0 aromatic carbocycles. The lowest BCUT2D eigenvalue weighted by molar-refractivity contribution is -0.137. The third-order valence-electron chi connectivity index (χ3n) is 2.09. The third kappa shape index (κ3) is 4.58. The molecular formula is C12H14N2O2. The lowest BCUT2D eigenvalue weighted by Crippen LogP contribution is -2.26. The molecule has 0 saturated carbocycles. The molecule has 0 aliphatic rings. The molecule has 0 unspecified atom stereocenters. The van der Waals surface area contributed by atoms with Crippen molar-refractivity contribution in [3.63, 3.8) is 0 Å². The van der Waals surface area contributed by atoms with Gasteiger partial charge in [-0.05, 0) is 11.6 Å². The number of terminal acetylenes is 1. The summed E-state index contributed by atoms with van der Waals surface area (Å²) in [5.74, 6) is 1.71. The first-order chi connectivity index (χ1) is 7.72. The van der Waals surface area contributed by atoms with Crippen molar-refractivity contribution in [3.8, 4) is 12.3 Å². The molecule has 0 spiro atoms. The Bertz CT molecular complexity index is 370. The summed E-state index contributed by atoms with van der Waals surface area (Å²) >= 11 is 0. The summed E-state index contributed by atoms with van der Waals surface area (Å²) in [4.78, 5) is 16.4. The van der Waals surface area contributed by atoms with Gasteiger partial charge in [0.1, 0.15) is 0 Å². The van der Waals surface area contributed by atoms with Crippen molar-refractivity contribution in [2.24, 2.45) is 0 Å². The third-order valence-corrected chi connectivity index (χ3v) is 2.09. The van der Waals surface area contributed by atoms with E-state index in [0.29, 0.717) is 19.6 Å². The minimum absolute atomic E-state index is 0.0991. The second-order valence-electron chi connectivity index (χ2n) is 3.42. The fourth-order valence-corrected chi connectivity index (χ4v) is 1.35. The van der Waals surface area contributed by atoms with Gasteiger partial charge in [0.25, 0.3) is 0 Å². The van der Waals surface area contributed by atoms with Crippen LogP contribution in [0.4, 0.5) is 0 Å². The van der Waals surface area contributed by atoms with Crippen molar-refractivity contribution in [2.75, 3.05) is 13.1 Å².